The van der Waals surface area contributed by atoms with Gasteiger partial charge in [-0.1, -0.05) is 12.1 Å². The summed E-state index contributed by atoms with van der Waals surface area (Å²) in [7, 11) is 3.09. The molecule has 5 heteroatoms. The van der Waals surface area contributed by atoms with Crippen LogP contribution in [0.2, 0.25) is 0 Å². The highest BCUT2D eigenvalue weighted by atomic mass is 19.1. The number of ether oxygens (including phenoxy) is 2. The molecule has 0 bridgehead atoms. The Morgan fingerprint density at radius 3 is 2.43 bits per heavy atom. The molecule has 0 aliphatic rings. The number of methoxy groups -OCH3 is 2. The van der Waals surface area contributed by atoms with Crippen LogP contribution in [0.3, 0.4) is 0 Å². The largest absolute Gasteiger partial charge is 0.497 e. The Morgan fingerprint density at radius 2 is 1.81 bits per heavy atom. The molecule has 2 rings (SSSR count). The van der Waals surface area contributed by atoms with Crippen molar-refractivity contribution in [2.24, 2.45) is 5.73 Å². The van der Waals surface area contributed by atoms with Gasteiger partial charge < -0.3 is 15.2 Å². The van der Waals surface area contributed by atoms with E-state index in [2.05, 4.69) is 0 Å². The van der Waals surface area contributed by atoms with E-state index in [-0.39, 0.29) is 6.42 Å². The van der Waals surface area contributed by atoms with Gasteiger partial charge in [0.2, 0.25) is 0 Å². The third kappa shape index (κ3) is 3.49. The first-order chi connectivity index (χ1) is 10.0. The molecule has 0 aromatic heterocycles. The second-order valence-electron chi connectivity index (χ2n) is 4.65. The molecule has 3 nitrogen and oxygen atoms in total. The summed E-state index contributed by atoms with van der Waals surface area (Å²) >= 11 is 0. The lowest BCUT2D eigenvalue weighted by atomic mass is 9.98. The minimum Gasteiger partial charge on any atom is -0.497 e. The first kappa shape index (κ1) is 15.3. The van der Waals surface area contributed by atoms with E-state index in [1.165, 1.54) is 19.2 Å². The summed E-state index contributed by atoms with van der Waals surface area (Å²) < 4.78 is 37.0. The van der Waals surface area contributed by atoms with Crippen molar-refractivity contribution in [3.05, 3.63) is 59.2 Å². The molecule has 0 heterocycles. The summed E-state index contributed by atoms with van der Waals surface area (Å²) in [6, 6.07) is 8.27. The fourth-order valence-corrected chi connectivity index (χ4v) is 2.16. The van der Waals surface area contributed by atoms with E-state index in [0.717, 1.165) is 11.6 Å². The highest BCUT2D eigenvalue weighted by molar-refractivity contribution is 5.43. The Labute approximate surface area is 122 Å². The first-order valence-corrected chi connectivity index (χ1v) is 6.46. The van der Waals surface area contributed by atoms with Gasteiger partial charge in [-0.15, -0.1) is 0 Å². The zero-order valence-corrected chi connectivity index (χ0v) is 11.9. The number of benzene rings is 2. The smallest absolute Gasteiger partial charge is 0.129 e. The molecular formula is C16H17F2NO2. The standard InChI is InChI=1S/C16H17F2NO2/c1-20-12-5-6-13(16(9-12)21-2)15(19)7-10-3-4-11(17)8-14(10)18/h3-6,8-9,15H,7,19H2,1-2H3. The number of halogens is 2. The summed E-state index contributed by atoms with van der Waals surface area (Å²) in [5, 5.41) is 0. The lowest BCUT2D eigenvalue weighted by Gasteiger charge is -2.17. The third-order valence-corrected chi connectivity index (χ3v) is 3.30. The van der Waals surface area contributed by atoms with Crippen LogP contribution in [0.15, 0.2) is 36.4 Å². The second kappa shape index (κ2) is 6.54. The zero-order valence-electron chi connectivity index (χ0n) is 11.9. The molecule has 2 N–H and O–H groups in total. The van der Waals surface area contributed by atoms with Gasteiger partial charge in [0.1, 0.15) is 23.1 Å². The quantitative estimate of drug-likeness (QED) is 0.920. The van der Waals surface area contributed by atoms with Crippen LogP contribution in [-0.4, -0.2) is 14.2 Å². The summed E-state index contributed by atoms with van der Waals surface area (Å²) in [4.78, 5) is 0. The zero-order chi connectivity index (χ0) is 15.4. The highest BCUT2D eigenvalue weighted by Crippen LogP contribution is 2.30. The molecule has 0 aliphatic heterocycles. The molecule has 0 amide bonds. The number of rotatable bonds is 5. The van der Waals surface area contributed by atoms with Crippen molar-refractivity contribution in [3.63, 3.8) is 0 Å². The Balaban J connectivity index is 2.25. The topological polar surface area (TPSA) is 44.5 Å². The van der Waals surface area contributed by atoms with Gasteiger partial charge in [-0.3, -0.25) is 0 Å². The average molecular weight is 293 g/mol. The van der Waals surface area contributed by atoms with E-state index in [1.807, 2.05) is 0 Å². The van der Waals surface area contributed by atoms with Crippen molar-refractivity contribution in [2.75, 3.05) is 14.2 Å². The second-order valence-corrected chi connectivity index (χ2v) is 4.65. The van der Waals surface area contributed by atoms with E-state index in [9.17, 15) is 8.78 Å². The van der Waals surface area contributed by atoms with Gasteiger partial charge >= 0.3 is 0 Å². The van der Waals surface area contributed by atoms with Gasteiger partial charge in [0.05, 0.1) is 14.2 Å². The first-order valence-electron chi connectivity index (χ1n) is 6.46. The third-order valence-electron chi connectivity index (χ3n) is 3.30. The van der Waals surface area contributed by atoms with Crippen LogP contribution in [0, 0.1) is 11.6 Å². The van der Waals surface area contributed by atoms with Gasteiger partial charge in [0, 0.05) is 23.7 Å². The predicted octanol–water partition coefficient (Wildman–Crippen LogP) is 3.22. The molecule has 0 aliphatic carbocycles. The van der Waals surface area contributed by atoms with Crippen LogP contribution in [-0.2, 0) is 6.42 Å². The lowest BCUT2D eigenvalue weighted by Crippen LogP contribution is -2.15. The maximum atomic E-state index is 13.7. The molecule has 1 atom stereocenters. The summed E-state index contributed by atoms with van der Waals surface area (Å²) in [5.41, 5.74) is 7.22. The minimum atomic E-state index is -0.605. The molecular weight excluding hydrogens is 276 g/mol. The molecule has 2 aromatic rings. The molecule has 0 saturated heterocycles. The van der Waals surface area contributed by atoms with E-state index in [4.69, 9.17) is 15.2 Å². The average Bonchev–Trinajstić information content (AvgIpc) is 2.49. The van der Waals surface area contributed by atoms with Gasteiger partial charge in [-0.2, -0.15) is 0 Å². The Bertz CT molecular complexity index is 632. The molecule has 0 spiro atoms. The van der Waals surface area contributed by atoms with Crippen molar-refractivity contribution in [3.8, 4) is 11.5 Å². The van der Waals surface area contributed by atoms with Crippen molar-refractivity contribution >= 4 is 0 Å². The van der Waals surface area contributed by atoms with E-state index in [1.54, 1.807) is 25.3 Å². The molecule has 1 unspecified atom stereocenters. The van der Waals surface area contributed by atoms with Crippen molar-refractivity contribution in [2.45, 2.75) is 12.5 Å². The van der Waals surface area contributed by atoms with Crippen LogP contribution < -0.4 is 15.2 Å². The normalized spacial score (nSPS) is 12.0. The molecule has 0 radical (unpaired) electrons. The van der Waals surface area contributed by atoms with Crippen LogP contribution in [0.1, 0.15) is 17.2 Å². The molecule has 21 heavy (non-hydrogen) atoms. The van der Waals surface area contributed by atoms with Gasteiger partial charge in [0.25, 0.3) is 0 Å². The fraction of sp³-hybridized carbons (Fsp3) is 0.250. The van der Waals surface area contributed by atoms with Crippen molar-refractivity contribution in [1.29, 1.82) is 0 Å². The number of nitrogens with two attached hydrogens (primary N) is 1. The summed E-state index contributed by atoms with van der Waals surface area (Å²) in [5.74, 6) is 0.0184. The Hall–Kier alpha value is -2.14. The molecule has 0 fully saturated rings. The predicted molar refractivity (Wildman–Crippen MR) is 76.5 cm³/mol. The van der Waals surface area contributed by atoms with Gasteiger partial charge in [-0.05, 0) is 24.1 Å². The van der Waals surface area contributed by atoms with Crippen molar-refractivity contribution in [1.82, 2.24) is 0 Å². The Morgan fingerprint density at radius 1 is 1.05 bits per heavy atom. The minimum absolute atomic E-state index is 0.245. The van der Waals surface area contributed by atoms with Crippen LogP contribution in [0.4, 0.5) is 8.78 Å². The van der Waals surface area contributed by atoms with E-state index in [0.29, 0.717) is 17.1 Å². The lowest BCUT2D eigenvalue weighted by molar-refractivity contribution is 0.388. The SMILES string of the molecule is COc1ccc(C(N)Cc2ccc(F)cc2F)c(OC)c1. The monoisotopic (exact) mass is 293 g/mol. The number of hydrogen-bond donors (Lipinski definition) is 1. The van der Waals surface area contributed by atoms with Gasteiger partial charge in [-0.25, -0.2) is 8.78 Å². The maximum Gasteiger partial charge on any atom is 0.129 e. The van der Waals surface area contributed by atoms with E-state index < -0.39 is 17.7 Å². The summed E-state index contributed by atoms with van der Waals surface area (Å²) in [6.07, 6.45) is 0.245. The number of hydrogen-bond acceptors (Lipinski definition) is 3. The van der Waals surface area contributed by atoms with Crippen LogP contribution >= 0.6 is 0 Å². The maximum absolute atomic E-state index is 13.7. The molecule has 2 aromatic carbocycles. The molecule has 0 saturated carbocycles. The van der Waals surface area contributed by atoms with Crippen LogP contribution in [0.25, 0.3) is 0 Å². The van der Waals surface area contributed by atoms with E-state index >= 15 is 0 Å². The van der Waals surface area contributed by atoms with Crippen molar-refractivity contribution < 1.29 is 18.3 Å². The molecule has 112 valence electrons. The fourth-order valence-electron chi connectivity index (χ4n) is 2.16. The van der Waals surface area contributed by atoms with Gasteiger partial charge in [0.15, 0.2) is 0 Å². The highest BCUT2D eigenvalue weighted by Gasteiger charge is 2.15. The Kier molecular flexibility index (Phi) is 4.75. The van der Waals surface area contributed by atoms with Crippen LogP contribution in [0.5, 0.6) is 11.5 Å². The summed E-state index contributed by atoms with van der Waals surface area (Å²) in [6.45, 7) is 0.